The Balaban J connectivity index is 2.04. The van der Waals surface area contributed by atoms with E-state index in [1.54, 1.807) is 6.08 Å². The molecule has 1 saturated carbocycles. The van der Waals surface area contributed by atoms with E-state index >= 15 is 0 Å². The fourth-order valence-electron chi connectivity index (χ4n) is 2.97. The number of rotatable bonds is 2. The van der Waals surface area contributed by atoms with Crippen molar-refractivity contribution in [1.29, 1.82) is 0 Å². The van der Waals surface area contributed by atoms with E-state index in [1.807, 2.05) is 11.8 Å². The second kappa shape index (κ2) is 4.32. The summed E-state index contributed by atoms with van der Waals surface area (Å²) in [4.78, 5) is 16.2. The van der Waals surface area contributed by atoms with Crippen molar-refractivity contribution in [3.8, 4) is 0 Å². The molecular weight excluding hydrogens is 230 g/mol. The van der Waals surface area contributed by atoms with Crippen molar-refractivity contribution >= 4 is 17.8 Å². The van der Waals surface area contributed by atoms with E-state index in [1.165, 1.54) is 28.2 Å². The van der Waals surface area contributed by atoms with Crippen LogP contribution in [0.3, 0.4) is 0 Å². The molecule has 1 aliphatic heterocycles. The number of aryl methyl sites for hydroxylation is 1. The zero-order chi connectivity index (χ0) is 11.7. The van der Waals surface area contributed by atoms with E-state index in [0.717, 1.165) is 25.7 Å². The summed E-state index contributed by atoms with van der Waals surface area (Å²) in [6.45, 7) is 0. The van der Waals surface area contributed by atoms with E-state index in [4.69, 9.17) is 0 Å². The number of benzene rings is 1. The van der Waals surface area contributed by atoms with Gasteiger partial charge in [0.15, 0.2) is 0 Å². The number of thioether (sulfide) groups is 1. The minimum absolute atomic E-state index is 0.264. The quantitative estimate of drug-likeness (QED) is 0.590. The average Bonchev–Trinajstić information content (AvgIpc) is 2.96. The van der Waals surface area contributed by atoms with E-state index in [2.05, 4.69) is 23.2 Å². The lowest BCUT2D eigenvalue weighted by molar-refractivity contribution is 0.455. The summed E-state index contributed by atoms with van der Waals surface area (Å²) >= 11 is 1.92. The number of isocyanates is 1. The molecule has 0 atom stereocenters. The van der Waals surface area contributed by atoms with Gasteiger partial charge >= 0.3 is 0 Å². The number of nitrogens with zero attached hydrogens (tertiary/aromatic N) is 1. The molecule has 17 heavy (non-hydrogen) atoms. The van der Waals surface area contributed by atoms with Gasteiger partial charge in [-0.05, 0) is 36.5 Å². The number of aliphatic imine (C=N–C) groups is 1. The van der Waals surface area contributed by atoms with Gasteiger partial charge < -0.3 is 0 Å². The molecule has 1 aromatic carbocycles. The van der Waals surface area contributed by atoms with Crippen LogP contribution in [0.4, 0.5) is 0 Å². The van der Waals surface area contributed by atoms with Crippen molar-refractivity contribution < 1.29 is 4.79 Å². The van der Waals surface area contributed by atoms with Gasteiger partial charge in [-0.1, -0.05) is 25.0 Å². The molecule has 2 aliphatic rings. The zero-order valence-corrected chi connectivity index (χ0v) is 10.6. The molecule has 3 rings (SSSR count). The van der Waals surface area contributed by atoms with Crippen LogP contribution >= 0.6 is 11.8 Å². The van der Waals surface area contributed by atoms with Crippen LogP contribution in [0, 0.1) is 0 Å². The van der Waals surface area contributed by atoms with Crippen LogP contribution in [0.25, 0.3) is 0 Å². The largest absolute Gasteiger partial charge is 0.235 e. The lowest BCUT2D eigenvalue weighted by Gasteiger charge is -2.23. The standard InChI is InChI=1S/C14H15NOS/c16-10-15-14(6-1-2-7-14)12-4-3-11-5-8-17-13(11)9-12/h3-4,9H,1-2,5-8H2. The van der Waals surface area contributed by atoms with Crippen molar-refractivity contribution in [3.05, 3.63) is 29.3 Å². The molecule has 88 valence electrons. The molecular formula is C14H15NOS. The highest BCUT2D eigenvalue weighted by Gasteiger charge is 2.36. The van der Waals surface area contributed by atoms with Gasteiger partial charge in [-0.15, -0.1) is 11.8 Å². The minimum atomic E-state index is -0.264. The van der Waals surface area contributed by atoms with E-state index < -0.39 is 0 Å². The van der Waals surface area contributed by atoms with Gasteiger partial charge in [0.1, 0.15) is 0 Å². The smallest absolute Gasteiger partial charge is 0.211 e. The van der Waals surface area contributed by atoms with Crippen LogP contribution in [-0.2, 0) is 16.8 Å². The normalized spacial score (nSPS) is 20.9. The molecule has 1 heterocycles. The fourth-order valence-corrected chi connectivity index (χ4v) is 4.08. The summed E-state index contributed by atoms with van der Waals surface area (Å²) in [5, 5.41) is 0. The Bertz CT molecular complexity index is 485. The molecule has 1 aliphatic carbocycles. The second-order valence-electron chi connectivity index (χ2n) is 4.86. The molecule has 0 saturated heterocycles. The van der Waals surface area contributed by atoms with Crippen LogP contribution < -0.4 is 0 Å². The number of fused-ring (bicyclic) bond motifs is 1. The zero-order valence-electron chi connectivity index (χ0n) is 9.74. The first-order chi connectivity index (χ1) is 8.34. The second-order valence-corrected chi connectivity index (χ2v) is 6.00. The minimum Gasteiger partial charge on any atom is -0.211 e. The molecule has 0 spiro atoms. The van der Waals surface area contributed by atoms with Crippen LogP contribution in [0.15, 0.2) is 28.1 Å². The maximum atomic E-state index is 10.7. The third-order valence-electron chi connectivity index (χ3n) is 3.92. The molecule has 0 radical (unpaired) electrons. The maximum absolute atomic E-state index is 10.7. The van der Waals surface area contributed by atoms with E-state index in [0.29, 0.717) is 0 Å². The Morgan fingerprint density at radius 1 is 1.29 bits per heavy atom. The van der Waals surface area contributed by atoms with Crippen LogP contribution in [0.1, 0.15) is 36.8 Å². The molecule has 0 aromatic heterocycles. The first kappa shape index (κ1) is 11.1. The molecule has 0 N–H and O–H groups in total. The monoisotopic (exact) mass is 245 g/mol. The fraction of sp³-hybridized carbons (Fsp3) is 0.500. The first-order valence-corrected chi connectivity index (χ1v) is 7.18. The Kier molecular flexibility index (Phi) is 2.81. The van der Waals surface area contributed by atoms with Gasteiger partial charge in [0.25, 0.3) is 0 Å². The highest BCUT2D eigenvalue weighted by Crippen LogP contribution is 2.44. The number of hydrogen-bond acceptors (Lipinski definition) is 3. The predicted molar refractivity (Wildman–Crippen MR) is 69.1 cm³/mol. The molecule has 1 aromatic rings. The SMILES string of the molecule is O=C=NC1(c2ccc3c(c2)SCC3)CCCC1. The van der Waals surface area contributed by atoms with Crippen LogP contribution in [0.5, 0.6) is 0 Å². The summed E-state index contributed by atoms with van der Waals surface area (Å²) in [6, 6.07) is 6.63. The molecule has 0 amide bonds. The highest BCUT2D eigenvalue weighted by atomic mass is 32.2. The average molecular weight is 245 g/mol. The molecule has 0 unspecified atom stereocenters. The van der Waals surface area contributed by atoms with Crippen molar-refractivity contribution in [2.24, 2.45) is 4.99 Å². The summed E-state index contributed by atoms with van der Waals surface area (Å²) in [6.07, 6.45) is 7.26. The Hall–Kier alpha value is -1.05. The van der Waals surface area contributed by atoms with Crippen LogP contribution in [-0.4, -0.2) is 11.8 Å². The van der Waals surface area contributed by atoms with Crippen molar-refractivity contribution in [2.45, 2.75) is 42.5 Å². The predicted octanol–water partition coefficient (Wildman–Crippen LogP) is 3.44. The van der Waals surface area contributed by atoms with Gasteiger partial charge in [0.2, 0.25) is 6.08 Å². The van der Waals surface area contributed by atoms with Gasteiger partial charge in [0.05, 0.1) is 5.54 Å². The molecule has 1 fully saturated rings. The summed E-state index contributed by atoms with van der Waals surface area (Å²) in [5.74, 6) is 1.18. The summed E-state index contributed by atoms with van der Waals surface area (Å²) in [7, 11) is 0. The third kappa shape index (κ3) is 1.84. The maximum Gasteiger partial charge on any atom is 0.235 e. The van der Waals surface area contributed by atoms with Gasteiger partial charge in [-0.25, -0.2) is 4.79 Å². The third-order valence-corrected chi connectivity index (χ3v) is 5.02. The Labute approximate surface area is 106 Å². The summed E-state index contributed by atoms with van der Waals surface area (Å²) in [5.41, 5.74) is 2.40. The Morgan fingerprint density at radius 2 is 2.12 bits per heavy atom. The van der Waals surface area contributed by atoms with Crippen molar-refractivity contribution in [2.75, 3.05) is 5.75 Å². The van der Waals surface area contributed by atoms with Crippen molar-refractivity contribution in [1.82, 2.24) is 0 Å². The van der Waals surface area contributed by atoms with Gasteiger partial charge in [0, 0.05) is 10.6 Å². The van der Waals surface area contributed by atoms with Crippen LogP contribution in [0.2, 0.25) is 0 Å². The van der Waals surface area contributed by atoms with E-state index in [9.17, 15) is 4.79 Å². The molecule has 3 heteroatoms. The lowest BCUT2D eigenvalue weighted by Crippen LogP contribution is -2.18. The molecule has 0 bridgehead atoms. The topological polar surface area (TPSA) is 29.4 Å². The number of carbonyl (C=O) groups excluding carboxylic acids is 1. The van der Waals surface area contributed by atoms with Gasteiger partial charge in [-0.3, -0.25) is 0 Å². The van der Waals surface area contributed by atoms with Gasteiger partial charge in [-0.2, -0.15) is 4.99 Å². The molecule has 2 nitrogen and oxygen atoms in total. The highest BCUT2D eigenvalue weighted by molar-refractivity contribution is 7.99. The van der Waals surface area contributed by atoms with E-state index in [-0.39, 0.29) is 5.54 Å². The van der Waals surface area contributed by atoms with Crippen molar-refractivity contribution in [3.63, 3.8) is 0 Å². The first-order valence-electron chi connectivity index (χ1n) is 6.19. The Morgan fingerprint density at radius 3 is 2.88 bits per heavy atom. The lowest BCUT2D eigenvalue weighted by atomic mass is 9.88. The summed E-state index contributed by atoms with van der Waals surface area (Å²) < 4.78 is 0. The number of hydrogen-bond donors (Lipinski definition) is 0.